The number of ether oxygens (including phenoxy) is 1. The molecule has 5 nitrogen and oxygen atoms in total. The number of benzene rings is 2. The van der Waals surface area contributed by atoms with Crippen LogP contribution in [0.15, 0.2) is 45.9 Å². The first-order valence-corrected chi connectivity index (χ1v) is 13.3. The van der Waals surface area contributed by atoms with Crippen LogP contribution in [0, 0.1) is 17.6 Å². The summed E-state index contributed by atoms with van der Waals surface area (Å²) in [7, 11) is -0.747. The van der Waals surface area contributed by atoms with Crippen molar-refractivity contribution < 1.29 is 30.9 Å². The zero-order valence-electron chi connectivity index (χ0n) is 20.4. The maximum atomic E-state index is 14.3. The molecule has 1 fully saturated rings. The van der Waals surface area contributed by atoms with Crippen molar-refractivity contribution in [1.82, 2.24) is 14.5 Å². The average molecular weight is 606 g/mol. The van der Waals surface area contributed by atoms with Gasteiger partial charge in [-0.05, 0) is 85.8 Å². The van der Waals surface area contributed by atoms with Gasteiger partial charge >= 0.3 is 6.18 Å². The largest absolute Gasteiger partial charge is 0.495 e. The van der Waals surface area contributed by atoms with Crippen LogP contribution in [-0.2, 0) is 22.7 Å². The Morgan fingerprint density at radius 3 is 2.35 bits per heavy atom. The van der Waals surface area contributed by atoms with E-state index < -0.39 is 45.9 Å². The monoisotopic (exact) mass is 605 g/mol. The Balaban J connectivity index is 1.79. The maximum absolute atomic E-state index is 14.3. The van der Waals surface area contributed by atoms with Crippen LogP contribution in [0.1, 0.15) is 50.8 Å². The van der Waals surface area contributed by atoms with Crippen molar-refractivity contribution in [3.8, 4) is 17.0 Å². The molecule has 37 heavy (non-hydrogen) atoms. The lowest BCUT2D eigenvalue weighted by Gasteiger charge is -2.26. The van der Waals surface area contributed by atoms with Crippen molar-refractivity contribution in [3.05, 3.63) is 63.8 Å². The van der Waals surface area contributed by atoms with Crippen LogP contribution in [0.25, 0.3) is 11.3 Å². The first kappa shape index (κ1) is 27.7. The normalized spacial score (nSPS) is 16.1. The summed E-state index contributed by atoms with van der Waals surface area (Å²) in [5.74, 6) is -2.14. The smallest absolute Gasteiger partial charge is 0.416 e. The van der Waals surface area contributed by atoms with E-state index in [2.05, 4.69) is 25.8 Å². The van der Waals surface area contributed by atoms with Crippen LogP contribution in [0.4, 0.5) is 22.0 Å². The number of aromatic nitrogens is 2. The van der Waals surface area contributed by atoms with Gasteiger partial charge in [0.1, 0.15) is 16.7 Å². The summed E-state index contributed by atoms with van der Waals surface area (Å²) in [6, 6.07) is 4.38. The van der Waals surface area contributed by atoms with Crippen molar-refractivity contribution >= 4 is 26.9 Å². The molecule has 2 atom stereocenters. The number of methoxy groups -OCH3 is 1. The van der Waals surface area contributed by atoms with Crippen LogP contribution in [0.5, 0.6) is 5.75 Å². The Kier molecular flexibility index (Phi) is 7.57. The van der Waals surface area contributed by atoms with E-state index in [9.17, 15) is 26.2 Å². The molecule has 0 amide bonds. The summed E-state index contributed by atoms with van der Waals surface area (Å²) >= 11 is 3.33. The molecule has 0 spiro atoms. The van der Waals surface area contributed by atoms with Crippen molar-refractivity contribution in [2.75, 3.05) is 7.11 Å². The number of hydrogen-bond acceptors (Lipinski definition) is 3. The summed E-state index contributed by atoms with van der Waals surface area (Å²) in [6.45, 7) is 5.73. The van der Waals surface area contributed by atoms with Gasteiger partial charge in [-0.15, -0.1) is 0 Å². The number of hydrogen-bond donors (Lipinski definition) is 1. The Labute approximate surface area is 222 Å². The van der Waals surface area contributed by atoms with E-state index in [4.69, 9.17) is 4.74 Å². The molecule has 2 aromatic carbocycles. The molecule has 0 radical (unpaired) electrons. The zero-order chi connectivity index (χ0) is 27.3. The summed E-state index contributed by atoms with van der Waals surface area (Å²) in [6.07, 6.45) is -1.34. The second-order valence-electron chi connectivity index (χ2n) is 9.84. The number of nitrogens with one attached hydrogen (secondary N) is 1. The molecule has 1 aliphatic rings. The molecule has 12 heteroatoms. The first-order valence-electron chi connectivity index (χ1n) is 11.4. The molecular formula is C25H25BrF5N3O2S. The first-order chi connectivity index (χ1) is 17.2. The molecule has 1 N–H and O–H groups in total. The van der Waals surface area contributed by atoms with Crippen molar-refractivity contribution in [2.24, 2.45) is 5.92 Å². The van der Waals surface area contributed by atoms with E-state index >= 15 is 0 Å². The number of alkyl halides is 3. The van der Waals surface area contributed by atoms with Crippen LogP contribution in [-0.4, -0.2) is 21.1 Å². The molecule has 200 valence electrons. The maximum Gasteiger partial charge on any atom is 0.416 e. The molecular weight excluding hydrogens is 581 g/mol. The Morgan fingerprint density at radius 2 is 1.78 bits per heavy atom. The molecule has 0 saturated heterocycles. The van der Waals surface area contributed by atoms with E-state index in [1.54, 1.807) is 10.9 Å². The lowest BCUT2D eigenvalue weighted by Crippen LogP contribution is -2.28. The topological polar surface area (TPSA) is 56.1 Å². The number of halogens is 6. The van der Waals surface area contributed by atoms with Gasteiger partial charge in [0, 0.05) is 15.6 Å². The zero-order valence-corrected chi connectivity index (χ0v) is 22.8. The third-order valence-electron chi connectivity index (χ3n) is 6.05. The highest BCUT2D eigenvalue weighted by atomic mass is 79.9. The van der Waals surface area contributed by atoms with Crippen LogP contribution in [0.2, 0.25) is 0 Å². The van der Waals surface area contributed by atoms with Gasteiger partial charge in [0.05, 0.1) is 41.0 Å². The fourth-order valence-electron chi connectivity index (χ4n) is 4.09. The Bertz CT molecular complexity index is 1350. The lowest BCUT2D eigenvalue weighted by molar-refractivity contribution is -0.137. The predicted octanol–water partition coefficient (Wildman–Crippen LogP) is 7.14. The van der Waals surface area contributed by atoms with Gasteiger partial charge in [-0.1, -0.05) is 0 Å². The fraction of sp³-hybridized carbons (Fsp3) is 0.400. The van der Waals surface area contributed by atoms with Gasteiger partial charge in [-0.2, -0.15) is 18.3 Å². The minimum absolute atomic E-state index is 0.0555. The van der Waals surface area contributed by atoms with Gasteiger partial charge in [0.2, 0.25) is 0 Å². The standard InChI is InChI=1S/C25H25BrF5N3O2S/c1-24(2,3)34-23(15-10-18(27)19(28)11-17(15)26)16(12-32-34)22(13-5-6-13)33-37(35)21-8-7-14(25(29,30)31)9-20(21)36-4/h7-13,22,33H,5-6H2,1-4H3/t22-,37?/m1/s1. The summed E-state index contributed by atoms with van der Waals surface area (Å²) < 4.78 is 91.3. The van der Waals surface area contributed by atoms with Gasteiger partial charge in [-0.25, -0.2) is 17.7 Å². The van der Waals surface area contributed by atoms with Crippen LogP contribution >= 0.6 is 15.9 Å². The van der Waals surface area contributed by atoms with Crippen molar-refractivity contribution in [2.45, 2.75) is 56.3 Å². The van der Waals surface area contributed by atoms with E-state index in [1.807, 2.05) is 20.8 Å². The third kappa shape index (κ3) is 5.75. The highest BCUT2D eigenvalue weighted by Crippen LogP contribution is 2.46. The molecule has 1 unspecified atom stereocenters. The Morgan fingerprint density at radius 1 is 1.14 bits per heavy atom. The van der Waals surface area contributed by atoms with Gasteiger partial charge in [0.15, 0.2) is 11.6 Å². The molecule has 1 aromatic heterocycles. The SMILES string of the molecule is COc1cc(C(F)(F)F)ccc1S(=O)N[C@@H](c1cnn(C(C)(C)C)c1-c1cc(F)c(F)cc1Br)C1CC1. The Hall–Kier alpha value is -2.31. The van der Waals surface area contributed by atoms with E-state index in [-0.39, 0.29) is 16.6 Å². The molecule has 3 aromatic rings. The quantitative estimate of drug-likeness (QED) is 0.230. The molecule has 1 heterocycles. The summed E-state index contributed by atoms with van der Waals surface area (Å²) in [5, 5.41) is 4.53. The van der Waals surface area contributed by atoms with Gasteiger partial charge in [-0.3, -0.25) is 4.68 Å². The second kappa shape index (κ2) is 10.1. The molecule has 4 rings (SSSR count). The third-order valence-corrected chi connectivity index (χ3v) is 7.91. The number of nitrogens with zero attached hydrogens (tertiary/aromatic N) is 2. The minimum atomic E-state index is -4.58. The van der Waals surface area contributed by atoms with Gasteiger partial charge in [0.25, 0.3) is 0 Å². The second-order valence-corrected chi connectivity index (χ2v) is 11.9. The molecule has 1 aliphatic carbocycles. The van der Waals surface area contributed by atoms with Crippen LogP contribution in [0.3, 0.4) is 0 Å². The van der Waals surface area contributed by atoms with Gasteiger partial charge < -0.3 is 4.74 Å². The fourth-order valence-corrected chi connectivity index (χ4v) is 5.79. The summed E-state index contributed by atoms with van der Waals surface area (Å²) in [4.78, 5) is 0.0555. The van der Waals surface area contributed by atoms with Crippen LogP contribution < -0.4 is 9.46 Å². The number of rotatable bonds is 7. The van der Waals surface area contributed by atoms with Crippen molar-refractivity contribution in [3.63, 3.8) is 0 Å². The highest BCUT2D eigenvalue weighted by molar-refractivity contribution is 9.10. The predicted molar refractivity (Wildman–Crippen MR) is 133 cm³/mol. The minimum Gasteiger partial charge on any atom is -0.495 e. The lowest BCUT2D eigenvalue weighted by atomic mass is 9.98. The van der Waals surface area contributed by atoms with E-state index in [1.165, 1.54) is 7.11 Å². The average Bonchev–Trinajstić information content (AvgIpc) is 3.55. The van der Waals surface area contributed by atoms with E-state index in [0.717, 1.165) is 43.2 Å². The van der Waals surface area contributed by atoms with E-state index in [0.29, 0.717) is 21.3 Å². The molecule has 0 bridgehead atoms. The van der Waals surface area contributed by atoms with Crippen molar-refractivity contribution in [1.29, 1.82) is 0 Å². The highest BCUT2D eigenvalue weighted by Gasteiger charge is 2.39. The molecule has 0 aliphatic heterocycles. The molecule has 1 saturated carbocycles. The summed E-state index contributed by atoms with van der Waals surface area (Å²) in [5.41, 5.74) is 0.0387.